The maximum Gasteiger partial charge on any atom is 0.130 e. The molecule has 0 aliphatic heterocycles. The SMILES string of the molecule is Cc1csc(C(c2ccc(OCc3ccc4ccccc4n3)cc2)C2CCCCCC2)n1. The Bertz CT molecular complexity index is 1160. The first-order valence-electron chi connectivity index (χ1n) is 11.8. The zero-order chi connectivity index (χ0) is 21.8. The van der Waals surface area contributed by atoms with Gasteiger partial charge in [-0.1, -0.05) is 62.1 Å². The van der Waals surface area contributed by atoms with Crippen LogP contribution in [0.3, 0.4) is 0 Å². The van der Waals surface area contributed by atoms with Crippen LogP contribution in [0.2, 0.25) is 0 Å². The van der Waals surface area contributed by atoms with Crippen LogP contribution in [0.1, 0.15) is 66.4 Å². The lowest BCUT2D eigenvalue weighted by Crippen LogP contribution is -2.14. The fourth-order valence-electron chi connectivity index (χ4n) is 4.89. The van der Waals surface area contributed by atoms with Crippen molar-refractivity contribution in [1.29, 1.82) is 0 Å². The maximum atomic E-state index is 6.08. The molecule has 1 atom stereocenters. The van der Waals surface area contributed by atoms with Crippen molar-refractivity contribution >= 4 is 22.2 Å². The van der Waals surface area contributed by atoms with E-state index in [0.29, 0.717) is 18.4 Å². The number of fused-ring (bicyclic) bond motifs is 1. The molecule has 5 rings (SSSR count). The predicted octanol–water partition coefficient (Wildman–Crippen LogP) is 7.68. The summed E-state index contributed by atoms with van der Waals surface area (Å²) in [5.74, 6) is 1.96. The lowest BCUT2D eigenvalue weighted by molar-refractivity contribution is 0.301. The first-order valence-corrected chi connectivity index (χ1v) is 12.6. The Labute approximate surface area is 194 Å². The molecule has 0 bridgehead atoms. The summed E-state index contributed by atoms with van der Waals surface area (Å²) in [6.45, 7) is 2.57. The molecule has 3 nitrogen and oxygen atoms in total. The van der Waals surface area contributed by atoms with Crippen molar-refractivity contribution < 1.29 is 4.74 Å². The number of hydrogen-bond acceptors (Lipinski definition) is 4. The molecule has 4 aromatic rings. The molecular formula is C28H30N2OS. The van der Waals surface area contributed by atoms with Gasteiger partial charge in [-0.2, -0.15) is 0 Å². The predicted molar refractivity (Wildman–Crippen MR) is 132 cm³/mol. The lowest BCUT2D eigenvalue weighted by Gasteiger charge is -2.25. The molecule has 0 radical (unpaired) electrons. The second-order valence-corrected chi connectivity index (χ2v) is 9.80. The molecule has 2 aromatic carbocycles. The summed E-state index contributed by atoms with van der Waals surface area (Å²) in [5, 5.41) is 4.61. The number of para-hydroxylation sites is 1. The number of ether oxygens (including phenoxy) is 1. The summed E-state index contributed by atoms with van der Waals surface area (Å²) in [4.78, 5) is 9.61. The monoisotopic (exact) mass is 442 g/mol. The molecule has 0 N–H and O–H groups in total. The van der Waals surface area contributed by atoms with Gasteiger partial charge in [0.1, 0.15) is 17.4 Å². The summed E-state index contributed by atoms with van der Waals surface area (Å²) in [5.41, 5.74) is 4.45. The molecule has 0 saturated heterocycles. The Balaban J connectivity index is 1.32. The molecule has 1 aliphatic rings. The quantitative estimate of drug-likeness (QED) is 0.287. The highest BCUT2D eigenvalue weighted by Crippen LogP contribution is 2.41. The van der Waals surface area contributed by atoms with Gasteiger partial charge in [-0.05, 0) is 55.5 Å². The number of pyridine rings is 1. The van der Waals surface area contributed by atoms with Gasteiger partial charge in [-0.25, -0.2) is 9.97 Å². The normalized spacial score (nSPS) is 16.0. The number of nitrogens with zero attached hydrogens (tertiary/aromatic N) is 2. The molecule has 4 heteroatoms. The van der Waals surface area contributed by atoms with Gasteiger partial charge in [-0.15, -0.1) is 11.3 Å². The zero-order valence-electron chi connectivity index (χ0n) is 18.7. The molecule has 32 heavy (non-hydrogen) atoms. The van der Waals surface area contributed by atoms with Crippen LogP contribution in [-0.4, -0.2) is 9.97 Å². The molecule has 2 aromatic heterocycles. The molecule has 1 aliphatic carbocycles. The van der Waals surface area contributed by atoms with Gasteiger partial charge in [0.15, 0.2) is 0 Å². The van der Waals surface area contributed by atoms with Gasteiger partial charge in [0, 0.05) is 22.4 Å². The maximum absolute atomic E-state index is 6.08. The third kappa shape index (κ3) is 4.86. The molecule has 1 saturated carbocycles. The lowest BCUT2D eigenvalue weighted by atomic mass is 9.81. The number of hydrogen-bond donors (Lipinski definition) is 0. The summed E-state index contributed by atoms with van der Waals surface area (Å²) >= 11 is 1.81. The number of aromatic nitrogens is 2. The topological polar surface area (TPSA) is 35.0 Å². The van der Waals surface area contributed by atoms with Gasteiger partial charge in [0.25, 0.3) is 0 Å². The Morgan fingerprint density at radius 3 is 2.44 bits per heavy atom. The molecular weight excluding hydrogens is 412 g/mol. The van der Waals surface area contributed by atoms with Crippen LogP contribution in [0.4, 0.5) is 0 Å². The van der Waals surface area contributed by atoms with E-state index >= 15 is 0 Å². The molecule has 1 fully saturated rings. The average Bonchev–Trinajstić information content (AvgIpc) is 3.08. The van der Waals surface area contributed by atoms with Crippen LogP contribution in [0.25, 0.3) is 10.9 Å². The van der Waals surface area contributed by atoms with Crippen molar-refractivity contribution in [3.63, 3.8) is 0 Å². The van der Waals surface area contributed by atoms with Gasteiger partial charge >= 0.3 is 0 Å². The number of benzene rings is 2. The first-order chi connectivity index (χ1) is 15.8. The summed E-state index contributed by atoms with van der Waals surface area (Å²) in [6, 6.07) is 21.1. The highest BCUT2D eigenvalue weighted by atomic mass is 32.1. The molecule has 1 unspecified atom stereocenters. The van der Waals surface area contributed by atoms with Crippen LogP contribution >= 0.6 is 11.3 Å². The number of rotatable bonds is 6. The minimum absolute atomic E-state index is 0.392. The van der Waals surface area contributed by atoms with Crippen molar-refractivity contribution in [1.82, 2.24) is 9.97 Å². The van der Waals surface area contributed by atoms with E-state index in [1.807, 2.05) is 35.6 Å². The van der Waals surface area contributed by atoms with E-state index in [0.717, 1.165) is 28.0 Å². The van der Waals surface area contributed by atoms with Crippen molar-refractivity contribution in [3.05, 3.63) is 88.0 Å². The van der Waals surface area contributed by atoms with Crippen LogP contribution in [0.15, 0.2) is 66.0 Å². The molecule has 0 amide bonds. The fourth-order valence-corrected chi connectivity index (χ4v) is 5.91. The van der Waals surface area contributed by atoms with E-state index in [9.17, 15) is 0 Å². The fraction of sp³-hybridized carbons (Fsp3) is 0.357. The van der Waals surface area contributed by atoms with Crippen LogP contribution < -0.4 is 4.74 Å². The van der Waals surface area contributed by atoms with Gasteiger partial charge in [-0.3, -0.25) is 0 Å². The molecule has 164 valence electrons. The van der Waals surface area contributed by atoms with Crippen molar-refractivity contribution in [2.24, 2.45) is 5.92 Å². The summed E-state index contributed by atoms with van der Waals surface area (Å²) < 4.78 is 6.08. The number of aryl methyl sites for hydroxylation is 1. The Morgan fingerprint density at radius 2 is 1.69 bits per heavy atom. The van der Waals surface area contributed by atoms with E-state index in [4.69, 9.17) is 14.7 Å². The Kier molecular flexibility index (Phi) is 6.49. The van der Waals surface area contributed by atoms with Crippen molar-refractivity contribution in [2.75, 3.05) is 0 Å². The van der Waals surface area contributed by atoms with Crippen LogP contribution in [0, 0.1) is 12.8 Å². The van der Waals surface area contributed by atoms with Crippen LogP contribution in [0.5, 0.6) is 5.75 Å². The van der Waals surface area contributed by atoms with Crippen molar-refractivity contribution in [3.8, 4) is 5.75 Å². The third-order valence-electron chi connectivity index (χ3n) is 6.56. The van der Waals surface area contributed by atoms with Gasteiger partial charge < -0.3 is 4.74 Å². The van der Waals surface area contributed by atoms with Gasteiger partial charge in [0.2, 0.25) is 0 Å². The van der Waals surface area contributed by atoms with Crippen LogP contribution in [-0.2, 0) is 6.61 Å². The highest BCUT2D eigenvalue weighted by molar-refractivity contribution is 7.09. The average molecular weight is 443 g/mol. The largest absolute Gasteiger partial charge is 0.487 e. The first kappa shape index (κ1) is 21.1. The second-order valence-electron chi connectivity index (χ2n) is 8.91. The van der Waals surface area contributed by atoms with E-state index in [-0.39, 0.29) is 0 Å². The van der Waals surface area contributed by atoms with Gasteiger partial charge in [0.05, 0.1) is 11.2 Å². The molecule has 0 spiro atoms. The highest BCUT2D eigenvalue weighted by Gasteiger charge is 2.28. The third-order valence-corrected chi connectivity index (χ3v) is 7.60. The minimum Gasteiger partial charge on any atom is -0.487 e. The van der Waals surface area contributed by atoms with E-state index in [2.05, 4.69) is 48.7 Å². The Hall–Kier alpha value is -2.72. The van der Waals surface area contributed by atoms with E-state index < -0.39 is 0 Å². The summed E-state index contributed by atoms with van der Waals surface area (Å²) in [7, 11) is 0. The second kappa shape index (κ2) is 9.83. The number of thiazole rings is 1. The van der Waals surface area contributed by atoms with E-state index in [1.54, 1.807) is 0 Å². The minimum atomic E-state index is 0.392. The summed E-state index contributed by atoms with van der Waals surface area (Å²) in [6.07, 6.45) is 8.02. The smallest absolute Gasteiger partial charge is 0.130 e. The standard InChI is InChI=1S/C28H30N2OS/c1-20-19-32-28(29-20)27(22-9-4-2-3-5-10-22)23-13-16-25(17-14-23)31-18-24-15-12-21-8-6-7-11-26(21)30-24/h6-8,11-17,19,22,27H,2-5,9-10,18H2,1H3. The Morgan fingerprint density at radius 1 is 0.906 bits per heavy atom. The van der Waals surface area contributed by atoms with Crippen molar-refractivity contribution in [2.45, 2.75) is 58.0 Å². The zero-order valence-corrected chi connectivity index (χ0v) is 19.5. The molecule has 2 heterocycles. The van der Waals surface area contributed by atoms with E-state index in [1.165, 1.54) is 49.1 Å².